The van der Waals surface area contributed by atoms with Crippen molar-refractivity contribution in [3.05, 3.63) is 34.9 Å². The Balaban J connectivity index is 2.33. The fraction of sp³-hybridized carbons (Fsp3) is 0.385. The fourth-order valence-electron chi connectivity index (χ4n) is 1.37. The highest BCUT2D eigenvalue weighted by Crippen LogP contribution is 2.14. The van der Waals surface area contributed by atoms with Gasteiger partial charge >= 0.3 is 0 Å². The van der Waals surface area contributed by atoms with E-state index >= 15 is 0 Å². The molecule has 1 aromatic rings. The normalized spacial score (nSPS) is 9.89. The van der Waals surface area contributed by atoms with Crippen molar-refractivity contribution in [2.45, 2.75) is 26.3 Å². The Morgan fingerprint density at radius 1 is 1.17 bits per heavy atom. The average Bonchev–Trinajstić information content (AvgIpc) is 2.35. The van der Waals surface area contributed by atoms with Gasteiger partial charge in [0.2, 0.25) is 11.8 Å². The first-order valence-corrected chi connectivity index (χ1v) is 6.28. The fourth-order valence-corrected chi connectivity index (χ4v) is 1.57. The largest absolute Gasteiger partial charge is 0.356 e. The summed E-state index contributed by atoms with van der Waals surface area (Å²) < 4.78 is 0. The number of carbonyl (C=O) groups excluding carboxylic acids is 2. The third-order valence-electron chi connectivity index (χ3n) is 2.33. The predicted molar refractivity (Wildman–Crippen MR) is 71.2 cm³/mol. The van der Waals surface area contributed by atoms with Crippen LogP contribution >= 0.6 is 11.6 Å². The molecule has 0 unspecified atom stereocenters. The second-order valence-electron chi connectivity index (χ2n) is 3.89. The van der Waals surface area contributed by atoms with E-state index in [9.17, 15) is 9.59 Å². The van der Waals surface area contributed by atoms with Gasteiger partial charge in [0.15, 0.2) is 0 Å². The third-order valence-corrected chi connectivity index (χ3v) is 2.70. The lowest BCUT2D eigenvalue weighted by Crippen LogP contribution is -2.32. The van der Waals surface area contributed by atoms with Gasteiger partial charge in [-0.1, -0.05) is 36.7 Å². The van der Waals surface area contributed by atoms with E-state index in [1.807, 2.05) is 25.1 Å². The van der Waals surface area contributed by atoms with Crippen LogP contribution in [0.25, 0.3) is 0 Å². The smallest absolute Gasteiger partial charge is 0.229 e. The molecule has 0 aromatic heterocycles. The monoisotopic (exact) mass is 268 g/mol. The van der Waals surface area contributed by atoms with Gasteiger partial charge in [0.1, 0.15) is 6.42 Å². The topological polar surface area (TPSA) is 58.2 Å². The molecule has 0 aliphatic rings. The van der Waals surface area contributed by atoms with Crippen LogP contribution in [0.2, 0.25) is 5.02 Å². The minimum absolute atomic E-state index is 0.148. The van der Waals surface area contributed by atoms with Crippen LogP contribution in [0.1, 0.15) is 25.3 Å². The van der Waals surface area contributed by atoms with Gasteiger partial charge in [0.05, 0.1) is 0 Å². The van der Waals surface area contributed by atoms with Crippen molar-refractivity contribution in [2.24, 2.45) is 0 Å². The Kier molecular flexibility index (Phi) is 6.22. The van der Waals surface area contributed by atoms with E-state index in [2.05, 4.69) is 10.6 Å². The zero-order valence-electron chi connectivity index (χ0n) is 10.3. The number of hydrogen-bond donors (Lipinski definition) is 2. The summed E-state index contributed by atoms with van der Waals surface area (Å²) >= 11 is 5.95. The average molecular weight is 269 g/mol. The van der Waals surface area contributed by atoms with Gasteiger partial charge in [-0.15, -0.1) is 0 Å². The highest BCUT2D eigenvalue weighted by Gasteiger charge is 2.08. The van der Waals surface area contributed by atoms with E-state index in [0.29, 0.717) is 18.1 Å². The van der Waals surface area contributed by atoms with Crippen molar-refractivity contribution in [1.82, 2.24) is 10.6 Å². The number of halogens is 1. The molecule has 4 nitrogen and oxygen atoms in total. The maximum absolute atomic E-state index is 11.5. The summed E-state index contributed by atoms with van der Waals surface area (Å²) in [6, 6.07) is 7.27. The number of amides is 2. The highest BCUT2D eigenvalue weighted by molar-refractivity contribution is 6.31. The van der Waals surface area contributed by atoms with Crippen LogP contribution < -0.4 is 10.6 Å². The van der Waals surface area contributed by atoms with Crippen LogP contribution in [0.5, 0.6) is 0 Å². The summed E-state index contributed by atoms with van der Waals surface area (Å²) in [5, 5.41) is 5.91. The number of rotatable bonds is 6. The summed E-state index contributed by atoms with van der Waals surface area (Å²) in [4.78, 5) is 22.8. The first-order valence-electron chi connectivity index (χ1n) is 5.90. The number of carbonyl (C=O) groups is 2. The molecular weight excluding hydrogens is 252 g/mol. The van der Waals surface area contributed by atoms with Crippen LogP contribution in [0.3, 0.4) is 0 Å². The predicted octanol–water partition coefficient (Wildman–Crippen LogP) is 1.87. The van der Waals surface area contributed by atoms with Crippen LogP contribution in [0.15, 0.2) is 24.3 Å². The van der Waals surface area contributed by atoms with Crippen molar-refractivity contribution in [1.29, 1.82) is 0 Å². The molecule has 1 rings (SSSR count). The molecule has 0 saturated carbocycles. The minimum Gasteiger partial charge on any atom is -0.356 e. The van der Waals surface area contributed by atoms with Crippen LogP contribution in [-0.4, -0.2) is 18.4 Å². The minimum atomic E-state index is -0.302. The summed E-state index contributed by atoms with van der Waals surface area (Å²) in [6.45, 7) is 2.88. The Bertz CT molecular complexity index is 421. The van der Waals surface area contributed by atoms with Gasteiger partial charge in [-0.2, -0.15) is 0 Å². The van der Waals surface area contributed by atoms with Crippen molar-refractivity contribution in [2.75, 3.05) is 6.54 Å². The van der Waals surface area contributed by atoms with Crippen LogP contribution in [0.4, 0.5) is 0 Å². The lowest BCUT2D eigenvalue weighted by Gasteiger charge is -2.07. The van der Waals surface area contributed by atoms with Gasteiger partial charge < -0.3 is 10.6 Å². The third kappa shape index (κ3) is 5.19. The van der Waals surface area contributed by atoms with Gasteiger partial charge in [-0.05, 0) is 18.1 Å². The van der Waals surface area contributed by atoms with E-state index in [1.165, 1.54) is 0 Å². The van der Waals surface area contributed by atoms with E-state index in [-0.39, 0.29) is 18.2 Å². The standard InChI is InChI=1S/C13H17ClN2O2/c1-2-7-15-12(17)8-13(18)16-9-10-5-3-4-6-11(10)14/h3-6H,2,7-9H2,1H3,(H,15,17)(H,16,18). The molecule has 0 saturated heterocycles. The highest BCUT2D eigenvalue weighted by atomic mass is 35.5. The van der Waals surface area contributed by atoms with Crippen molar-refractivity contribution in [3.63, 3.8) is 0 Å². The molecule has 0 fully saturated rings. The first kappa shape index (κ1) is 14.5. The molecule has 2 amide bonds. The quantitative estimate of drug-likeness (QED) is 0.774. The molecular formula is C13H17ClN2O2. The summed E-state index contributed by atoms with van der Waals surface area (Å²) in [7, 11) is 0. The van der Waals surface area contributed by atoms with Gasteiger partial charge in [0.25, 0.3) is 0 Å². The second kappa shape index (κ2) is 7.71. The maximum atomic E-state index is 11.5. The molecule has 0 bridgehead atoms. The molecule has 0 heterocycles. The molecule has 0 atom stereocenters. The molecule has 5 heteroatoms. The van der Waals surface area contributed by atoms with Crippen LogP contribution in [0, 0.1) is 0 Å². The summed E-state index contributed by atoms with van der Waals surface area (Å²) in [5.74, 6) is -0.558. The summed E-state index contributed by atoms with van der Waals surface area (Å²) in [6.07, 6.45) is 0.706. The Morgan fingerprint density at radius 2 is 1.83 bits per heavy atom. The van der Waals surface area contributed by atoms with Crippen molar-refractivity contribution >= 4 is 23.4 Å². The molecule has 98 valence electrons. The van der Waals surface area contributed by atoms with Crippen LogP contribution in [-0.2, 0) is 16.1 Å². The molecule has 0 aliphatic carbocycles. The lowest BCUT2D eigenvalue weighted by atomic mass is 10.2. The number of hydrogen-bond acceptors (Lipinski definition) is 2. The zero-order chi connectivity index (χ0) is 13.4. The van der Waals surface area contributed by atoms with Gasteiger partial charge in [-0.25, -0.2) is 0 Å². The van der Waals surface area contributed by atoms with E-state index in [4.69, 9.17) is 11.6 Å². The molecule has 0 aliphatic heterocycles. The van der Waals surface area contributed by atoms with Crippen molar-refractivity contribution < 1.29 is 9.59 Å². The SMILES string of the molecule is CCCNC(=O)CC(=O)NCc1ccccc1Cl. The maximum Gasteiger partial charge on any atom is 0.229 e. The van der Waals surface area contributed by atoms with Gasteiger partial charge in [0, 0.05) is 18.1 Å². The lowest BCUT2D eigenvalue weighted by molar-refractivity contribution is -0.129. The second-order valence-corrected chi connectivity index (χ2v) is 4.30. The van der Waals surface area contributed by atoms with Crippen molar-refractivity contribution in [3.8, 4) is 0 Å². The summed E-state index contributed by atoms with van der Waals surface area (Å²) in [5.41, 5.74) is 0.835. The molecule has 0 spiro atoms. The van der Waals surface area contributed by atoms with E-state index < -0.39 is 0 Å². The molecule has 18 heavy (non-hydrogen) atoms. The zero-order valence-corrected chi connectivity index (χ0v) is 11.1. The first-order chi connectivity index (χ1) is 8.63. The van der Waals surface area contributed by atoms with E-state index in [0.717, 1.165) is 12.0 Å². The Morgan fingerprint density at radius 3 is 2.50 bits per heavy atom. The van der Waals surface area contributed by atoms with E-state index in [1.54, 1.807) is 6.07 Å². The molecule has 1 aromatic carbocycles. The molecule has 2 N–H and O–H groups in total. The molecule has 0 radical (unpaired) electrons. The Hall–Kier alpha value is -1.55. The van der Waals surface area contributed by atoms with Gasteiger partial charge in [-0.3, -0.25) is 9.59 Å². The Labute approximate surface area is 112 Å². The number of nitrogens with one attached hydrogen (secondary N) is 2. The number of benzene rings is 1.